The normalized spacial score (nSPS) is 17.0. The highest BCUT2D eigenvalue weighted by molar-refractivity contribution is 5.93. The van der Waals surface area contributed by atoms with Crippen LogP contribution in [0.4, 0.5) is 0 Å². The number of cyclic esters (lactones) is 2. The average Bonchev–Trinajstić information content (AvgIpc) is 2.13. The van der Waals surface area contributed by atoms with Gasteiger partial charge in [0.15, 0.2) is 0 Å². The highest BCUT2D eigenvalue weighted by Crippen LogP contribution is 2.05. The van der Waals surface area contributed by atoms with Gasteiger partial charge in [-0.15, -0.1) is 0 Å². The smallest absolute Gasteiger partial charge is 0.338 e. The third kappa shape index (κ3) is 1.93. The van der Waals surface area contributed by atoms with Gasteiger partial charge >= 0.3 is 11.9 Å². The first kappa shape index (κ1) is 7.53. The van der Waals surface area contributed by atoms with Crippen molar-refractivity contribution in [3.05, 3.63) is 24.2 Å². The summed E-state index contributed by atoms with van der Waals surface area (Å²) < 4.78 is 9.05. The number of ether oxygens (including phenoxy) is 2. The molecule has 4 nitrogen and oxygen atoms in total. The number of hydrogen-bond donors (Lipinski definition) is 0. The maximum atomic E-state index is 10.6. The molecule has 0 fully saturated rings. The molecule has 1 aliphatic rings. The Kier molecular flexibility index (Phi) is 2.06. The van der Waals surface area contributed by atoms with Gasteiger partial charge in [0.1, 0.15) is 0 Å². The van der Waals surface area contributed by atoms with Crippen LogP contribution in [0.2, 0.25) is 0 Å². The van der Waals surface area contributed by atoms with Crippen LogP contribution >= 0.6 is 0 Å². The Labute approximate surface area is 63.1 Å². The van der Waals surface area contributed by atoms with Gasteiger partial charge < -0.3 is 9.47 Å². The maximum absolute atomic E-state index is 10.6. The highest BCUT2D eigenvalue weighted by atomic mass is 16.7. The third-order valence-electron chi connectivity index (χ3n) is 0.994. The fourth-order valence-electron chi connectivity index (χ4n) is 0.541. The Morgan fingerprint density at radius 3 is 2.00 bits per heavy atom. The number of rotatable bonds is 0. The zero-order valence-electron chi connectivity index (χ0n) is 5.87. The fraction of sp³-hybridized carbons (Fsp3) is 0.143. The summed E-state index contributed by atoms with van der Waals surface area (Å²) in [5.74, 6) is -1.29. The minimum Gasteiger partial charge on any atom is -0.390 e. The predicted octanol–water partition coefficient (Wildman–Crippen LogP) is 0.504. The Morgan fingerprint density at radius 2 is 1.64 bits per heavy atom. The largest absolute Gasteiger partial charge is 0.390 e. The Balaban J connectivity index is 2.82. The van der Waals surface area contributed by atoms with E-state index >= 15 is 0 Å². The molecule has 0 aromatic rings. The van der Waals surface area contributed by atoms with Crippen molar-refractivity contribution in [2.24, 2.45) is 0 Å². The minimum absolute atomic E-state index is 0.0787. The van der Waals surface area contributed by atoms with Crippen LogP contribution in [0, 0.1) is 0 Å². The minimum atomic E-state index is -0.607. The molecule has 0 spiro atoms. The number of carbonyl (C=O) groups excluding carboxylic acids is 2. The number of hydrogen-bond acceptors (Lipinski definition) is 4. The summed E-state index contributed by atoms with van der Waals surface area (Å²) in [5, 5.41) is 0. The zero-order chi connectivity index (χ0) is 8.27. The topological polar surface area (TPSA) is 52.6 Å². The molecule has 0 saturated heterocycles. The third-order valence-corrected chi connectivity index (χ3v) is 0.994. The molecule has 0 amide bonds. The molecule has 1 aliphatic heterocycles. The van der Waals surface area contributed by atoms with Gasteiger partial charge in [0.05, 0.1) is 0 Å². The van der Waals surface area contributed by atoms with Crippen LogP contribution in [0.3, 0.4) is 0 Å². The van der Waals surface area contributed by atoms with E-state index in [4.69, 9.17) is 0 Å². The summed E-state index contributed by atoms with van der Waals surface area (Å²) in [5.41, 5.74) is 0. The predicted molar refractivity (Wildman–Crippen MR) is 35.1 cm³/mol. The number of allylic oxidation sites excluding steroid dienone is 1. The van der Waals surface area contributed by atoms with Crippen LogP contribution < -0.4 is 0 Å². The quantitative estimate of drug-likeness (QED) is 0.477. The van der Waals surface area contributed by atoms with E-state index < -0.39 is 11.9 Å². The van der Waals surface area contributed by atoms with Crippen LogP contribution in [0.15, 0.2) is 24.2 Å². The number of esters is 2. The number of carbonyl (C=O) groups is 2. The van der Waals surface area contributed by atoms with Crippen molar-refractivity contribution in [3.8, 4) is 0 Å². The second kappa shape index (κ2) is 3.01. The van der Waals surface area contributed by atoms with E-state index in [-0.39, 0.29) is 5.95 Å². The molecule has 0 saturated carbocycles. The molecule has 0 bridgehead atoms. The maximum Gasteiger partial charge on any atom is 0.338 e. The standard InChI is InChI=1S/C7H6O4/c1-2-7-10-5(8)3-4-6(9)11-7/h2-4H,1H3. The second-order valence-corrected chi connectivity index (χ2v) is 1.78. The summed E-state index contributed by atoms with van der Waals surface area (Å²) in [6.07, 6.45) is 3.42. The molecular weight excluding hydrogens is 148 g/mol. The summed E-state index contributed by atoms with van der Waals surface area (Å²) in [7, 11) is 0. The molecule has 4 heteroatoms. The highest BCUT2D eigenvalue weighted by Gasteiger charge is 2.12. The van der Waals surface area contributed by atoms with Crippen LogP contribution in [0.1, 0.15) is 6.92 Å². The lowest BCUT2D eigenvalue weighted by atomic mass is 10.5. The van der Waals surface area contributed by atoms with E-state index in [2.05, 4.69) is 9.47 Å². The molecule has 0 aromatic heterocycles. The van der Waals surface area contributed by atoms with E-state index in [0.717, 1.165) is 12.2 Å². The van der Waals surface area contributed by atoms with Crippen molar-refractivity contribution in [1.29, 1.82) is 0 Å². The molecule has 0 aliphatic carbocycles. The summed E-state index contributed by atoms with van der Waals surface area (Å²) in [6.45, 7) is 1.60. The second-order valence-electron chi connectivity index (χ2n) is 1.78. The molecule has 0 N–H and O–H groups in total. The SMILES string of the molecule is CC=C1OC(=O)C=CC(=O)O1. The Morgan fingerprint density at radius 1 is 1.18 bits per heavy atom. The molecule has 0 atom stereocenters. The Hall–Kier alpha value is -1.58. The summed E-state index contributed by atoms with van der Waals surface area (Å²) >= 11 is 0. The molecule has 11 heavy (non-hydrogen) atoms. The molecule has 0 aromatic carbocycles. The first-order valence-electron chi connectivity index (χ1n) is 3.00. The van der Waals surface area contributed by atoms with Gasteiger partial charge in [-0.3, -0.25) is 0 Å². The molecular formula is C7H6O4. The van der Waals surface area contributed by atoms with Crippen LogP contribution in [0.25, 0.3) is 0 Å². The van der Waals surface area contributed by atoms with E-state index in [1.54, 1.807) is 6.92 Å². The zero-order valence-corrected chi connectivity index (χ0v) is 5.87. The van der Waals surface area contributed by atoms with E-state index in [1.807, 2.05) is 0 Å². The van der Waals surface area contributed by atoms with Gasteiger partial charge in [-0.1, -0.05) is 0 Å². The molecule has 0 radical (unpaired) electrons. The first-order valence-corrected chi connectivity index (χ1v) is 3.00. The van der Waals surface area contributed by atoms with Gasteiger partial charge in [0, 0.05) is 12.2 Å². The van der Waals surface area contributed by atoms with Crippen LogP contribution in [-0.2, 0) is 19.1 Å². The lowest BCUT2D eigenvalue weighted by Gasteiger charge is -2.00. The van der Waals surface area contributed by atoms with E-state index in [9.17, 15) is 9.59 Å². The van der Waals surface area contributed by atoms with Crippen molar-refractivity contribution in [3.63, 3.8) is 0 Å². The van der Waals surface area contributed by atoms with Gasteiger partial charge in [-0.2, -0.15) is 0 Å². The van der Waals surface area contributed by atoms with Crippen LogP contribution in [0.5, 0.6) is 0 Å². The monoisotopic (exact) mass is 154 g/mol. The molecule has 1 rings (SSSR count). The average molecular weight is 154 g/mol. The van der Waals surface area contributed by atoms with Gasteiger partial charge in [0.2, 0.25) is 0 Å². The van der Waals surface area contributed by atoms with Crippen molar-refractivity contribution in [2.75, 3.05) is 0 Å². The van der Waals surface area contributed by atoms with E-state index in [0.29, 0.717) is 0 Å². The summed E-state index contributed by atoms with van der Waals surface area (Å²) in [6, 6.07) is 0. The summed E-state index contributed by atoms with van der Waals surface area (Å²) in [4.78, 5) is 21.2. The van der Waals surface area contributed by atoms with Gasteiger partial charge in [0.25, 0.3) is 5.95 Å². The van der Waals surface area contributed by atoms with Crippen LogP contribution in [-0.4, -0.2) is 11.9 Å². The van der Waals surface area contributed by atoms with Crippen molar-refractivity contribution < 1.29 is 19.1 Å². The lowest BCUT2D eigenvalue weighted by molar-refractivity contribution is -0.145. The van der Waals surface area contributed by atoms with E-state index in [1.165, 1.54) is 6.08 Å². The van der Waals surface area contributed by atoms with Crippen molar-refractivity contribution in [2.45, 2.75) is 6.92 Å². The van der Waals surface area contributed by atoms with Crippen molar-refractivity contribution >= 4 is 11.9 Å². The van der Waals surface area contributed by atoms with Gasteiger partial charge in [-0.25, -0.2) is 9.59 Å². The molecule has 58 valence electrons. The first-order chi connectivity index (χ1) is 5.22. The van der Waals surface area contributed by atoms with Gasteiger partial charge in [-0.05, 0) is 13.0 Å². The fourth-order valence-corrected chi connectivity index (χ4v) is 0.541. The molecule has 1 heterocycles. The molecule has 0 unspecified atom stereocenters. The Bertz CT molecular complexity index is 227. The van der Waals surface area contributed by atoms with Crippen molar-refractivity contribution in [1.82, 2.24) is 0 Å². The lowest BCUT2D eigenvalue weighted by Crippen LogP contribution is -2.02.